The number of nitrogens with two attached hydrogens (primary N) is 1. The summed E-state index contributed by atoms with van der Waals surface area (Å²) in [5.74, 6) is -0.607. The molecule has 0 aliphatic heterocycles. The van der Waals surface area contributed by atoms with Gasteiger partial charge in [-0.1, -0.05) is 6.07 Å². The average Bonchev–Trinajstić information content (AvgIpc) is 3.10. The molecule has 3 N–H and O–H groups in total. The lowest BCUT2D eigenvalue weighted by atomic mass is 10.0. The quantitative estimate of drug-likeness (QED) is 0.741. The predicted octanol–water partition coefficient (Wildman–Crippen LogP) is 1.06. The Morgan fingerprint density at radius 1 is 1.35 bits per heavy atom. The summed E-state index contributed by atoms with van der Waals surface area (Å²) in [7, 11) is 0. The summed E-state index contributed by atoms with van der Waals surface area (Å²) in [4.78, 5) is 11.3. The van der Waals surface area contributed by atoms with Crippen molar-refractivity contribution >= 4 is 5.91 Å². The molecule has 1 amide bonds. The van der Waals surface area contributed by atoms with Crippen molar-refractivity contribution in [3.63, 3.8) is 0 Å². The Hall–Kier alpha value is -2.96. The lowest BCUT2D eigenvalue weighted by Gasteiger charge is -2.07. The number of aryl methyl sites for hydroxylation is 1. The first kappa shape index (κ1) is 12.1. The maximum absolute atomic E-state index is 11.3. The number of nitrogens with one attached hydrogen (secondary N) is 1. The largest absolute Gasteiger partial charge is 0.364 e. The summed E-state index contributed by atoms with van der Waals surface area (Å²) in [5.41, 5.74) is 8.57. The number of nitrogens with zero attached hydrogens (tertiary/aromatic N) is 4. The van der Waals surface area contributed by atoms with Crippen LogP contribution in [0.3, 0.4) is 0 Å². The molecule has 1 aromatic carbocycles. The number of hydrogen-bond donors (Lipinski definition) is 2. The van der Waals surface area contributed by atoms with Crippen molar-refractivity contribution in [2.75, 3.05) is 0 Å². The maximum Gasteiger partial charge on any atom is 0.271 e. The van der Waals surface area contributed by atoms with Gasteiger partial charge in [-0.2, -0.15) is 20.5 Å². The van der Waals surface area contributed by atoms with E-state index in [1.165, 1.54) is 0 Å². The number of primary amides is 1. The van der Waals surface area contributed by atoms with E-state index in [4.69, 9.17) is 5.73 Å². The molecule has 20 heavy (non-hydrogen) atoms. The standard InChI is InChI=1S/C13H12N6O/c1-8-7-9(19-6-2-5-15-19)3-4-10(8)11-12(13(14)20)17-18-16-11/h2-7H,1H3,(H2,14,20)(H,16,17,18). The maximum atomic E-state index is 11.3. The molecule has 0 radical (unpaired) electrons. The van der Waals surface area contributed by atoms with Gasteiger partial charge in [-0.3, -0.25) is 4.79 Å². The lowest BCUT2D eigenvalue weighted by Crippen LogP contribution is -2.13. The fourth-order valence-corrected chi connectivity index (χ4v) is 2.07. The van der Waals surface area contributed by atoms with Crippen LogP contribution in [-0.4, -0.2) is 31.1 Å². The Bertz CT molecular complexity index is 759. The first-order valence-electron chi connectivity index (χ1n) is 5.98. The van der Waals surface area contributed by atoms with Crippen molar-refractivity contribution in [3.05, 3.63) is 47.9 Å². The van der Waals surface area contributed by atoms with Crippen LogP contribution in [0.25, 0.3) is 16.9 Å². The van der Waals surface area contributed by atoms with Crippen molar-refractivity contribution < 1.29 is 4.79 Å². The van der Waals surface area contributed by atoms with E-state index in [0.717, 1.165) is 16.8 Å². The molecule has 0 fully saturated rings. The molecule has 2 aromatic heterocycles. The molecule has 2 heterocycles. The molecule has 7 heteroatoms. The monoisotopic (exact) mass is 268 g/mol. The van der Waals surface area contributed by atoms with Crippen LogP contribution in [0.15, 0.2) is 36.7 Å². The van der Waals surface area contributed by atoms with Crippen molar-refractivity contribution in [3.8, 4) is 16.9 Å². The van der Waals surface area contributed by atoms with Crippen molar-refractivity contribution in [1.29, 1.82) is 0 Å². The third-order valence-corrected chi connectivity index (χ3v) is 3.02. The van der Waals surface area contributed by atoms with Crippen LogP contribution in [0.2, 0.25) is 0 Å². The van der Waals surface area contributed by atoms with Gasteiger partial charge >= 0.3 is 0 Å². The molecular weight excluding hydrogens is 256 g/mol. The number of amides is 1. The summed E-state index contributed by atoms with van der Waals surface area (Å²) >= 11 is 0. The highest BCUT2D eigenvalue weighted by molar-refractivity contribution is 5.97. The van der Waals surface area contributed by atoms with Crippen LogP contribution in [-0.2, 0) is 0 Å². The van der Waals surface area contributed by atoms with Gasteiger partial charge in [-0.05, 0) is 30.7 Å². The second-order valence-corrected chi connectivity index (χ2v) is 4.33. The second-order valence-electron chi connectivity index (χ2n) is 4.33. The Kier molecular flexibility index (Phi) is 2.79. The zero-order valence-corrected chi connectivity index (χ0v) is 10.7. The van der Waals surface area contributed by atoms with Gasteiger partial charge in [-0.15, -0.1) is 0 Å². The molecule has 0 spiro atoms. The smallest absolute Gasteiger partial charge is 0.271 e. The predicted molar refractivity (Wildman–Crippen MR) is 72.2 cm³/mol. The van der Waals surface area contributed by atoms with E-state index in [1.54, 1.807) is 10.9 Å². The molecule has 3 aromatic rings. The number of aromatic nitrogens is 5. The van der Waals surface area contributed by atoms with Gasteiger partial charge in [0.25, 0.3) is 5.91 Å². The molecule has 0 bridgehead atoms. The second kappa shape index (κ2) is 4.61. The molecule has 3 rings (SSSR count). The van der Waals surface area contributed by atoms with Gasteiger partial charge in [0.1, 0.15) is 5.69 Å². The molecule has 7 nitrogen and oxygen atoms in total. The Morgan fingerprint density at radius 3 is 2.85 bits per heavy atom. The number of aromatic amines is 1. The fourth-order valence-electron chi connectivity index (χ4n) is 2.07. The topological polar surface area (TPSA) is 102 Å². The van der Waals surface area contributed by atoms with E-state index < -0.39 is 5.91 Å². The average molecular weight is 268 g/mol. The Balaban J connectivity index is 2.08. The van der Waals surface area contributed by atoms with Gasteiger partial charge in [-0.25, -0.2) is 4.68 Å². The zero-order chi connectivity index (χ0) is 14.1. The molecule has 0 aliphatic carbocycles. The zero-order valence-electron chi connectivity index (χ0n) is 10.7. The van der Waals surface area contributed by atoms with E-state index >= 15 is 0 Å². The lowest BCUT2D eigenvalue weighted by molar-refractivity contribution is 0.0996. The van der Waals surface area contributed by atoms with Crippen LogP contribution in [0.1, 0.15) is 16.1 Å². The highest BCUT2D eigenvalue weighted by atomic mass is 16.1. The van der Waals surface area contributed by atoms with Crippen LogP contribution < -0.4 is 5.73 Å². The molecular formula is C13H12N6O. The summed E-state index contributed by atoms with van der Waals surface area (Å²) < 4.78 is 1.76. The number of H-pyrrole nitrogens is 1. The van der Waals surface area contributed by atoms with E-state index in [9.17, 15) is 4.79 Å². The number of benzene rings is 1. The molecule has 0 saturated heterocycles. The Morgan fingerprint density at radius 2 is 2.20 bits per heavy atom. The highest BCUT2D eigenvalue weighted by Crippen LogP contribution is 2.25. The minimum atomic E-state index is -0.607. The van der Waals surface area contributed by atoms with E-state index in [1.807, 2.05) is 37.4 Å². The summed E-state index contributed by atoms with van der Waals surface area (Å²) in [6.07, 6.45) is 3.57. The van der Waals surface area contributed by atoms with E-state index in [0.29, 0.717) is 5.69 Å². The number of carbonyl (C=O) groups excluding carboxylic acids is 1. The Labute approximate surface area is 114 Å². The number of rotatable bonds is 3. The van der Waals surface area contributed by atoms with Crippen LogP contribution in [0.4, 0.5) is 0 Å². The van der Waals surface area contributed by atoms with Crippen molar-refractivity contribution in [1.82, 2.24) is 25.2 Å². The van der Waals surface area contributed by atoms with Gasteiger partial charge in [0, 0.05) is 18.0 Å². The summed E-state index contributed by atoms with van der Waals surface area (Å²) in [6.45, 7) is 1.93. The summed E-state index contributed by atoms with van der Waals surface area (Å²) in [6, 6.07) is 7.58. The van der Waals surface area contributed by atoms with Crippen LogP contribution in [0, 0.1) is 6.92 Å². The molecule has 0 atom stereocenters. The SMILES string of the molecule is Cc1cc(-n2cccn2)ccc1-c1n[nH]nc1C(N)=O. The number of carbonyl (C=O) groups is 1. The van der Waals surface area contributed by atoms with Crippen molar-refractivity contribution in [2.45, 2.75) is 6.92 Å². The van der Waals surface area contributed by atoms with Gasteiger partial charge in [0.05, 0.1) is 5.69 Å². The van der Waals surface area contributed by atoms with Crippen molar-refractivity contribution in [2.24, 2.45) is 5.73 Å². The van der Waals surface area contributed by atoms with Crippen LogP contribution in [0.5, 0.6) is 0 Å². The van der Waals surface area contributed by atoms with Gasteiger partial charge in [0.15, 0.2) is 5.69 Å². The fraction of sp³-hybridized carbons (Fsp3) is 0.0769. The first-order chi connectivity index (χ1) is 9.66. The molecule has 0 aliphatic rings. The summed E-state index contributed by atoms with van der Waals surface area (Å²) in [5, 5.41) is 14.4. The van der Waals surface area contributed by atoms with Gasteiger partial charge in [0.2, 0.25) is 0 Å². The highest BCUT2D eigenvalue weighted by Gasteiger charge is 2.17. The van der Waals surface area contributed by atoms with Gasteiger partial charge < -0.3 is 5.73 Å². The third-order valence-electron chi connectivity index (χ3n) is 3.02. The van der Waals surface area contributed by atoms with E-state index in [-0.39, 0.29) is 5.69 Å². The first-order valence-corrected chi connectivity index (χ1v) is 5.98. The number of hydrogen-bond acceptors (Lipinski definition) is 4. The van der Waals surface area contributed by atoms with Crippen LogP contribution >= 0.6 is 0 Å². The van der Waals surface area contributed by atoms with E-state index in [2.05, 4.69) is 20.5 Å². The molecule has 0 unspecified atom stereocenters. The third kappa shape index (κ3) is 1.95. The molecule has 0 saturated carbocycles. The minimum Gasteiger partial charge on any atom is -0.364 e. The normalized spacial score (nSPS) is 10.7. The molecule has 100 valence electrons. The minimum absolute atomic E-state index is 0.139.